The quantitative estimate of drug-likeness (QED) is 0.0438. The highest BCUT2D eigenvalue weighted by Crippen LogP contribution is 2.50. The summed E-state index contributed by atoms with van der Waals surface area (Å²) in [4.78, 5) is 47.8. The fourth-order valence-corrected chi connectivity index (χ4v) is 21.0. The first-order chi connectivity index (χ1) is 44.3. The highest BCUT2D eigenvalue weighted by atomic mass is 16.5. The average molecular weight is 1290 g/mol. The van der Waals surface area contributed by atoms with Gasteiger partial charge in [-0.3, -0.25) is 19.2 Å². The molecule has 6 fully saturated rings. The average Bonchev–Trinajstić information content (AvgIpc) is 2.66. The van der Waals surface area contributed by atoms with Crippen LogP contribution in [0.15, 0.2) is 0 Å². The SMILES string of the molecule is COC(=O)C[C@H](C)CCC[C@H]1CC[C@H]([C@H](C)CCC[C@H](C)CC[C@H](CCC[C@@H](C)[C@H]2CC[C@H](CCC[C@@H](C)CC(=O)OC)C2)CC[C@@H](CCC[C@@H](C)[C@H]2CC[C@H](C3CC[C@H](CC(=O)OC)C3)C2)CC[C@@H](C)CCC[C@@H](C)[C@H]2CC[C@H](C3CC[C@H](CC(=O)OC)C3)C2)C1. The number of ether oxygens (including phenoxy) is 4. The third-order valence-electron chi connectivity index (χ3n) is 27.8. The van der Waals surface area contributed by atoms with E-state index in [2.05, 4.69) is 55.4 Å². The molecule has 2 unspecified atom stereocenters. The Hall–Kier alpha value is -2.12. The molecule has 8 nitrogen and oxygen atoms in total. The van der Waals surface area contributed by atoms with Crippen LogP contribution in [0.3, 0.4) is 0 Å². The van der Waals surface area contributed by atoms with Crippen LogP contribution in [0.5, 0.6) is 0 Å². The third-order valence-corrected chi connectivity index (χ3v) is 27.8. The van der Waals surface area contributed by atoms with Gasteiger partial charge in [-0.15, -0.1) is 0 Å². The smallest absolute Gasteiger partial charge is 0.305 e. The summed E-state index contributed by atoms with van der Waals surface area (Å²) in [6.45, 7) is 20.0. The summed E-state index contributed by atoms with van der Waals surface area (Å²) in [6, 6.07) is 0. The maximum Gasteiger partial charge on any atom is 0.305 e. The maximum atomic E-state index is 12.1. The van der Waals surface area contributed by atoms with Crippen LogP contribution in [-0.2, 0) is 38.1 Å². The second-order valence-corrected chi connectivity index (χ2v) is 34.9. The first kappa shape index (κ1) is 78.9. The van der Waals surface area contributed by atoms with Crippen molar-refractivity contribution in [2.75, 3.05) is 28.4 Å². The number of hydrogen-bond donors (Lipinski definition) is 0. The number of rotatable bonds is 47. The fourth-order valence-electron chi connectivity index (χ4n) is 21.0. The molecule has 6 saturated carbocycles. The molecule has 0 aromatic rings. The molecule has 6 rings (SSSR count). The Bertz CT molecular complexity index is 2020. The van der Waals surface area contributed by atoms with E-state index in [0.717, 1.165) is 119 Å². The van der Waals surface area contributed by atoms with E-state index in [1.165, 1.54) is 271 Å². The lowest BCUT2D eigenvalue weighted by atomic mass is 9.79. The zero-order valence-corrected chi connectivity index (χ0v) is 62.5. The van der Waals surface area contributed by atoms with Gasteiger partial charge in [-0.1, -0.05) is 222 Å². The van der Waals surface area contributed by atoms with Crippen molar-refractivity contribution in [3.63, 3.8) is 0 Å². The summed E-state index contributed by atoms with van der Waals surface area (Å²) in [7, 11) is 6.12. The Morgan fingerprint density at radius 1 is 0.283 bits per heavy atom. The van der Waals surface area contributed by atoms with Crippen molar-refractivity contribution in [1.82, 2.24) is 0 Å². The second kappa shape index (κ2) is 43.3. The van der Waals surface area contributed by atoms with E-state index in [0.29, 0.717) is 49.4 Å². The van der Waals surface area contributed by atoms with E-state index in [9.17, 15) is 19.2 Å². The van der Waals surface area contributed by atoms with E-state index < -0.39 is 0 Å². The van der Waals surface area contributed by atoms with Crippen LogP contribution >= 0.6 is 0 Å². The number of esters is 4. The number of carbonyl (C=O) groups excluding carboxylic acids is 4. The molecule has 92 heavy (non-hydrogen) atoms. The van der Waals surface area contributed by atoms with Crippen LogP contribution in [0.1, 0.15) is 351 Å². The molecule has 8 heteroatoms. The van der Waals surface area contributed by atoms with Gasteiger partial charge in [0.1, 0.15) is 0 Å². The Balaban J connectivity index is 1.00. The molecule has 0 aromatic carbocycles. The summed E-state index contributed by atoms with van der Waals surface area (Å²) >= 11 is 0. The van der Waals surface area contributed by atoms with Gasteiger partial charge in [0.25, 0.3) is 0 Å². The largest absolute Gasteiger partial charge is 0.469 e. The lowest BCUT2D eigenvalue weighted by molar-refractivity contribution is -0.142. The van der Waals surface area contributed by atoms with Crippen molar-refractivity contribution >= 4 is 23.9 Å². The molecular weight excluding hydrogens is 1140 g/mol. The van der Waals surface area contributed by atoms with Crippen molar-refractivity contribution in [3.05, 3.63) is 0 Å². The van der Waals surface area contributed by atoms with E-state index >= 15 is 0 Å². The predicted octanol–water partition coefficient (Wildman–Crippen LogP) is 23.4. The lowest BCUT2D eigenvalue weighted by Crippen LogP contribution is -2.14. The highest BCUT2D eigenvalue weighted by molar-refractivity contribution is 5.70. The van der Waals surface area contributed by atoms with Crippen LogP contribution in [0.25, 0.3) is 0 Å². The summed E-state index contributed by atoms with van der Waals surface area (Å²) in [5.41, 5.74) is 0. The van der Waals surface area contributed by atoms with Crippen LogP contribution < -0.4 is 0 Å². The van der Waals surface area contributed by atoms with Crippen molar-refractivity contribution in [2.45, 2.75) is 351 Å². The number of methoxy groups -OCH3 is 4. The molecule has 0 aliphatic heterocycles. The van der Waals surface area contributed by atoms with Gasteiger partial charge >= 0.3 is 23.9 Å². The molecular formula is C84H150O8. The lowest BCUT2D eigenvalue weighted by Gasteiger charge is -2.26. The molecule has 6 aliphatic carbocycles. The molecule has 0 bridgehead atoms. The molecule has 0 aromatic heterocycles. The summed E-state index contributed by atoms with van der Waals surface area (Å²) in [5.74, 6) is 17.2. The van der Waals surface area contributed by atoms with Gasteiger partial charge in [-0.05, 0) is 233 Å². The van der Waals surface area contributed by atoms with Crippen molar-refractivity contribution in [1.29, 1.82) is 0 Å². The molecule has 0 radical (unpaired) electrons. The van der Waals surface area contributed by atoms with Gasteiger partial charge < -0.3 is 18.9 Å². The van der Waals surface area contributed by atoms with Crippen LogP contribution in [0.2, 0.25) is 0 Å². The number of carbonyl (C=O) groups is 4. The maximum absolute atomic E-state index is 12.1. The Labute approximate surface area is 568 Å². The summed E-state index contributed by atoms with van der Waals surface area (Å²) < 4.78 is 20.0. The summed E-state index contributed by atoms with van der Waals surface area (Å²) in [5, 5.41) is 0. The Morgan fingerprint density at radius 2 is 0.576 bits per heavy atom. The minimum Gasteiger partial charge on any atom is -0.469 e. The fraction of sp³-hybridized carbons (Fsp3) is 0.952. The van der Waals surface area contributed by atoms with Crippen molar-refractivity contribution in [2.24, 2.45) is 130 Å². The van der Waals surface area contributed by atoms with Crippen molar-refractivity contribution in [3.8, 4) is 0 Å². The zero-order valence-electron chi connectivity index (χ0n) is 62.5. The molecule has 0 saturated heterocycles. The monoisotopic (exact) mass is 1290 g/mol. The van der Waals surface area contributed by atoms with E-state index in [4.69, 9.17) is 18.9 Å². The minimum absolute atomic E-state index is 0.0149. The van der Waals surface area contributed by atoms with Gasteiger partial charge in [0, 0.05) is 25.7 Å². The molecule has 6 aliphatic rings. The van der Waals surface area contributed by atoms with Crippen LogP contribution in [-0.4, -0.2) is 52.3 Å². The van der Waals surface area contributed by atoms with E-state index in [1.807, 2.05) is 0 Å². The van der Waals surface area contributed by atoms with Gasteiger partial charge in [-0.2, -0.15) is 0 Å². The molecule has 0 N–H and O–H groups in total. The first-order valence-electron chi connectivity index (χ1n) is 40.6. The standard InChI is InChI=1S/C84H150O8/c1-59(19-13-23-63(5)73-41-37-69(51-73)29-15-21-61(3)49-81(85)89-9)31-33-67(27-17-25-64(6)74-42-38-70(52-74)30-16-22-62(4)50-82(86)90-10)35-36-68(28-18-26-66(8)76-46-48-80(58-76)78-44-40-72(54-78)56-84(88)92-12)34-32-60(2)20-14-24-65(7)75-45-47-79(57-75)77-43-39-71(53-77)55-83(87)91-11/h59-80H,13-58H2,1-12H3/t59-,60-,61+,62+,63+,64+,65+,66+,67-,68-,69-,70-,71-,72-,73-,74-,75-,76-,77?,78?,79-,80-/m0/s1. The molecule has 22 atom stereocenters. The highest BCUT2D eigenvalue weighted by Gasteiger charge is 2.40. The summed E-state index contributed by atoms with van der Waals surface area (Å²) in [6.07, 6.45) is 59.9. The molecule has 0 amide bonds. The normalized spacial score (nSPS) is 29.9. The Morgan fingerprint density at radius 3 is 0.946 bits per heavy atom. The topological polar surface area (TPSA) is 105 Å². The zero-order chi connectivity index (χ0) is 66.4. The van der Waals surface area contributed by atoms with Gasteiger partial charge in [0.15, 0.2) is 0 Å². The predicted molar refractivity (Wildman–Crippen MR) is 383 cm³/mol. The second-order valence-electron chi connectivity index (χ2n) is 34.9. The Kier molecular flexibility index (Phi) is 37.1. The van der Waals surface area contributed by atoms with E-state index in [-0.39, 0.29) is 23.9 Å². The minimum atomic E-state index is -0.0628. The van der Waals surface area contributed by atoms with E-state index in [1.54, 1.807) is 14.2 Å². The first-order valence-corrected chi connectivity index (χ1v) is 40.6. The number of hydrogen-bond acceptors (Lipinski definition) is 8. The third kappa shape index (κ3) is 29.1. The van der Waals surface area contributed by atoms with Crippen molar-refractivity contribution < 1.29 is 38.1 Å². The van der Waals surface area contributed by atoms with Gasteiger partial charge in [-0.25, -0.2) is 0 Å². The molecule has 0 heterocycles. The van der Waals surface area contributed by atoms with Gasteiger partial charge in [0.2, 0.25) is 0 Å². The van der Waals surface area contributed by atoms with Gasteiger partial charge in [0.05, 0.1) is 28.4 Å². The van der Waals surface area contributed by atoms with Crippen LogP contribution in [0.4, 0.5) is 0 Å². The van der Waals surface area contributed by atoms with Crippen LogP contribution in [0, 0.1) is 130 Å². The molecule has 534 valence electrons. The molecule has 0 spiro atoms.